The van der Waals surface area contributed by atoms with Gasteiger partial charge >= 0.3 is 0 Å². The molecule has 0 spiro atoms. The molecule has 0 amide bonds. The average Bonchev–Trinajstić information content (AvgIpc) is 2.63. The fourth-order valence-electron chi connectivity index (χ4n) is 1.00. The summed E-state index contributed by atoms with van der Waals surface area (Å²) in [4.78, 5) is 8.25. The Labute approximate surface area is 90.8 Å². The van der Waals surface area contributed by atoms with E-state index in [1.54, 1.807) is 11.6 Å². The molecule has 0 fully saturated rings. The topological polar surface area (TPSA) is 37.8 Å². The Balaban J connectivity index is 1.95. The van der Waals surface area contributed by atoms with E-state index in [1.165, 1.54) is 11.3 Å². The summed E-state index contributed by atoms with van der Waals surface area (Å²) in [5.74, 6) is 0. The minimum absolute atomic E-state index is 0.526. The second kappa shape index (κ2) is 4.39. The molecule has 0 radical (unpaired) electrons. The minimum atomic E-state index is 0.526. The van der Waals surface area contributed by atoms with Gasteiger partial charge in [0.25, 0.3) is 0 Å². The van der Waals surface area contributed by atoms with Gasteiger partial charge in [0.2, 0.25) is 0 Å². The molecule has 0 saturated carbocycles. The number of rotatable bonds is 3. The molecule has 0 aliphatic heterocycles. The van der Waals surface area contributed by atoms with Crippen LogP contribution in [0, 0.1) is 0 Å². The maximum absolute atomic E-state index is 5.69. The van der Waals surface area contributed by atoms with Crippen molar-refractivity contribution in [3.8, 4) is 0 Å². The molecule has 0 bridgehead atoms. The molecule has 0 unspecified atom stereocenters. The largest absolute Gasteiger partial charge is 0.356 e. The molecule has 3 nitrogen and oxygen atoms in total. The van der Waals surface area contributed by atoms with E-state index < -0.39 is 0 Å². The van der Waals surface area contributed by atoms with Gasteiger partial charge in [0, 0.05) is 11.6 Å². The summed E-state index contributed by atoms with van der Waals surface area (Å²) in [7, 11) is 0. The van der Waals surface area contributed by atoms with Gasteiger partial charge in [0.15, 0.2) is 5.13 Å². The fraction of sp³-hybridized carbons (Fsp3) is 0.111. The van der Waals surface area contributed by atoms with Crippen molar-refractivity contribution in [2.75, 3.05) is 5.32 Å². The molecular formula is C9H8ClN3S. The number of aromatic nitrogens is 2. The first-order valence-electron chi connectivity index (χ1n) is 4.09. The smallest absolute Gasteiger partial charge is 0.184 e. The average molecular weight is 226 g/mol. The molecule has 72 valence electrons. The van der Waals surface area contributed by atoms with Crippen molar-refractivity contribution >= 4 is 28.1 Å². The lowest BCUT2D eigenvalue weighted by Crippen LogP contribution is -2.00. The van der Waals surface area contributed by atoms with E-state index in [4.69, 9.17) is 11.6 Å². The highest BCUT2D eigenvalue weighted by atomic mass is 35.5. The van der Waals surface area contributed by atoms with Crippen LogP contribution in [-0.2, 0) is 6.54 Å². The van der Waals surface area contributed by atoms with Gasteiger partial charge in [-0.3, -0.25) is 4.98 Å². The Hall–Kier alpha value is -1.13. The van der Waals surface area contributed by atoms with Gasteiger partial charge in [0.1, 0.15) is 5.15 Å². The Morgan fingerprint density at radius 1 is 1.43 bits per heavy atom. The van der Waals surface area contributed by atoms with Crippen molar-refractivity contribution in [3.05, 3.63) is 40.6 Å². The summed E-state index contributed by atoms with van der Waals surface area (Å²) >= 11 is 7.17. The van der Waals surface area contributed by atoms with Crippen molar-refractivity contribution in [2.45, 2.75) is 6.54 Å². The van der Waals surface area contributed by atoms with E-state index in [0.29, 0.717) is 11.7 Å². The van der Waals surface area contributed by atoms with Crippen molar-refractivity contribution in [3.63, 3.8) is 0 Å². The number of hydrogen-bond acceptors (Lipinski definition) is 4. The SMILES string of the molecule is Clc1csc(NCc2ccccn2)n1. The summed E-state index contributed by atoms with van der Waals surface area (Å²) in [5.41, 5.74) is 0.985. The van der Waals surface area contributed by atoms with Crippen LogP contribution in [0.2, 0.25) is 5.15 Å². The quantitative estimate of drug-likeness (QED) is 0.873. The minimum Gasteiger partial charge on any atom is -0.356 e. The maximum Gasteiger partial charge on any atom is 0.184 e. The van der Waals surface area contributed by atoms with Crippen LogP contribution in [-0.4, -0.2) is 9.97 Å². The normalized spacial score (nSPS) is 10.1. The number of nitrogens with zero attached hydrogens (tertiary/aromatic N) is 2. The van der Waals surface area contributed by atoms with Gasteiger partial charge in [-0.2, -0.15) is 0 Å². The lowest BCUT2D eigenvalue weighted by atomic mass is 10.3. The Morgan fingerprint density at radius 2 is 2.36 bits per heavy atom. The molecule has 14 heavy (non-hydrogen) atoms. The van der Waals surface area contributed by atoms with Gasteiger partial charge < -0.3 is 5.32 Å². The Kier molecular flexibility index (Phi) is 2.96. The summed E-state index contributed by atoms with van der Waals surface area (Å²) in [6.07, 6.45) is 1.77. The van der Waals surface area contributed by atoms with Crippen molar-refractivity contribution in [2.24, 2.45) is 0 Å². The van der Waals surface area contributed by atoms with Crippen LogP contribution < -0.4 is 5.32 Å². The van der Waals surface area contributed by atoms with Crippen molar-refractivity contribution in [1.29, 1.82) is 0 Å². The molecule has 0 saturated heterocycles. The molecule has 0 aliphatic rings. The molecule has 1 N–H and O–H groups in total. The zero-order chi connectivity index (χ0) is 9.80. The van der Waals surface area contributed by atoms with Crippen molar-refractivity contribution < 1.29 is 0 Å². The molecular weight excluding hydrogens is 218 g/mol. The van der Waals surface area contributed by atoms with Crippen LogP contribution in [0.4, 0.5) is 5.13 Å². The molecule has 2 aromatic heterocycles. The van der Waals surface area contributed by atoms with Crippen LogP contribution in [0.25, 0.3) is 0 Å². The predicted molar refractivity (Wildman–Crippen MR) is 58.7 cm³/mol. The third-order valence-corrected chi connectivity index (χ3v) is 2.75. The highest BCUT2D eigenvalue weighted by Gasteiger charge is 1.98. The van der Waals surface area contributed by atoms with E-state index in [2.05, 4.69) is 15.3 Å². The Morgan fingerprint density at radius 3 is 3.00 bits per heavy atom. The highest BCUT2D eigenvalue weighted by Crippen LogP contribution is 2.19. The van der Waals surface area contributed by atoms with Gasteiger partial charge in [-0.1, -0.05) is 17.7 Å². The molecule has 2 rings (SSSR count). The van der Waals surface area contributed by atoms with Crippen LogP contribution >= 0.6 is 22.9 Å². The zero-order valence-corrected chi connectivity index (χ0v) is 8.85. The van der Waals surface area contributed by atoms with E-state index >= 15 is 0 Å². The monoisotopic (exact) mass is 225 g/mol. The number of halogens is 1. The second-order valence-corrected chi connectivity index (χ2v) is 3.90. The van der Waals surface area contributed by atoms with E-state index in [0.717, 1.165) is 10.8 Å². The lowest BCUT2D eigenvalue weighted by molar-refractivity contribution is 1.04. The number of nitrogens with one attached hydrogen (secondary N) is 1. The van der Waals surface area contributed by atoms with Gasteiger partial charge in [-0.25, -0.2) is 4.98 Å². The number of anilines is 1. The summed E-state index contributed by atoms with van der Waals surface area (Å²) in [5, 5.41) is 6.28. The summed E-state index contributed by atoms with van der Waals surface area (Å²) < 4.78 is 0. The lowest BCUT2D eigenvalue weighted by Gasteiger charge is -2.00. The number of pyridine rings is 1. The van der Waals surface area contributed by atoms with Crippen LogP contribution in [0.3, 0.4) is 0 Å². The molecule has 0 aromatic carbocycles. The highest BCUT2D eigenvalue weighted by molar-refractivity contribution is 7.14. The third-order valence-electron chi connectivity index (χ3n) is 1.62. The standard InChI is InChI=1S/C9H8ClN3S/c10-8-6-14-9(13-8)12-5-7-3-1-2-4-11-7/h1-4,6H,5H2,(H,12,13). The van der Waals surface area contributed by atoms with Crippen LogP contribution in [0.15, 0.2) is 29.8 Å². The summed E-state index contributed by atoms with van der Waals surface area (Å²) in [6, 6.07) is 5.81. The Bertz CT molecular complexity index is 401. The third kappa shape index (κ3) is 2.43. The molecule has 2 aromatic rings. The van der Waals surface area contributed by atoms with Crippen LogP contribution in [0.5, 0.6) is 0 Å². The second-order valence-electron chi connectivity index (χ2n) is 2.65. The molecule has 2 heterocycles. The van der Waals surface area contributed by atoms with Crippen LogP contribution in [0.1, 0.15) is 5.69 Å². The first-order valence-corrected chi connectivity index (χ1v) is 5.35. The number of thiazole rings is 1. The number of hydrogen-bond donors (Lipinski definition) is 1. The van der Waals surface area contributed by atoms with Gasteiger partial charge in [0.05, 0.1) is 12.2 Å². The maximum atomic E-state index is 5.69. The molecule has 5 heteroatoms. The zero-order valence-electron chi connectivity index (χ0n) is 7.27. The summed E-state index contributed by atoms with van der Waals surface area (Å²) in [6.45, 7) is 0.671. The molecule has 0 atom stereocenters. The first kappa shape index (κ1) is 9.43. The van der Waals surface area contributed by atoms with E-state index in [-0.39, 0.29) is 0 Å². The molecule has 0 aliphatic carbocycles. The fourth-order valence-corrected chi connectivity index (χ4v) is 1.84. The van der Waals surface area contributed by atoms with E-state index in [9.17, 15) is 0 Å². The van der Waals surface area contributed by atoms with Crippen molar-refractivity contribution in [1.82, 2.24) is 9.97 Å². The van der Waals surface area contributed by atoms with Gasteiger partial charge in [-0.05, 0) is 12.1 Å². The first-order chi connectivity index (χ1) is 6.84. The predicted octanol–water partition coefficient (Wildman–Crippen LogP) is 2.80. The van der Waals surface area contributed by atoms with E-state index in [1.807, 2.05) is 18.2 Å². The van der Waals surface area contributed by atoms with Gasteiger partial charge in [-0.15, -0.1) is 11.3 Å².